The molecular formula is C21H18ClF5N2O2. The average molecular weight is 461 g/mol. The van der Waals surface area contributed by atoms with Crippen molar-refractivity contribution in [2.75, 3.05) is 0 Å². The highest BCUT2D eigenvalue weighted by molar-refractivity contribution is 5.85. The first-order chi connectivity index (χ1) is 14.3. The van der Waals surface area contributed by atoms with Crippen LogP contribution in [0.2, 0.25) is 0 Å². The smallest absolute Gasteiger partial charge is 0.489 e. The number of hydrogen-bond acceptors (Lipinski definition) is 4. The summed E-state index contributed by atoms with van der Waals surface area (Å²) in [5.74, 6) is -2.36. The lowest BCUT2D eigenvalue weighted by Gasteiger charge is -2.37. The summed E-state index contributed by atoms with van der Waals surface area (Å²) >= 11 is 0. The van der Waals surface area contributed by atoms with Crippen molar-refractivity contribution in [3.05, 3.63) is 66.0 Å². The molecule has 0 spiro atoms. The summed E-state index contributed by atoms with van der Waals surface area (Å²) in [6.07, 6.45) is -0.678. The molecule has 10 heteroatoms. The number of ether oxygens (including phenoxy) is 2. The fourth-order valence-electron chi connectivity index (χ4n) is 3.40. The minimum Gasteiger partial charge on any atom is -0.489 e. The van der Waals surface area contributed by atoms with Gasteiger partial charge in [-0.1, -0.05) is 0 Å². The quantitative estimate of drug-likeness (QED) is 0.491. The van der Waals surface area contributed by atoms with Crippen LogP contribution in [-0.2, 0) is 6.54 Å². The van der Waals surface area contributed by atoms with Crippen LogP contribution in [0.1, 0.15) is 18.4 Å². The zero-order chi connectivity index (χ0) is 21.3. The van der Waals surface area contributed by atoms with E-state index >= 15 is 0 Å². The van der Waals surface area contributed by atoms with Crippen molar-refractivity contribution < 1.29 is 31.4 Å². The van der Waals surface area contributed by atoms with Crippen LogP contribution in [0.3, 0.4) is 0 Å². The van der Waals surface area contributed by atoms with Gasteiger partial charge < -0.3 is 14.8 Å². The first-order valence-corrected chi connectivity index (χ1v) is 9.26. The number of nitrogens with zero attached hydrogens (tertiary/aromatic N) is 1. The van der Waals surface area contributed by atoms with E-state index in [-0.39, 0.29) is 42.7 Å². The Balaban J connectivity index is 0.00000272. The number of alkyl halides is 3. The molecule has 31 heavy (non-hydrogen) atoms. The summed E-state index contributed by atoms with van der Waals surface area (Å²) in [5, 5.41) is 4.80. The van der Waals surface area contributed by atoms with Crippen LogP contribution in [0, 0.1) is 11.6 Å². The largest absolute Gasteiger partial charge is 0.573 e. The molecule has 1 aliphatic carbocycles. The predicted molar refractivity (Wildman–Crippen MR) is 106 cm³/mol. The Hall–Kier alpha value is -2.65. The van der Waals surface area contributed by atoms with E-state index in [1.165, 1.54) is 12.1 Å². The van der Waals surface area contributed by atoms with Gasteiger partial charge in [-0.25, -0.2) is 8.78 Å². The third-order valence-electron chi connectivity index (χ3n) is 5.04. The van der Waals surface area contributed by atoms with E-state index in [4.69, 9.17) is 4.74 Å². The average Bonchev–Trinajstić information content (AvgIpc) is 2.68. The monoisotopic (exact) mass is 460 g/mol. The van der Waals surface area contributed by atoms with Gasteiger partial charge in [-0.2, -0.15) is 0 Å². The molecule has 0 bridgehead atoms. The molecule has 0 saturated heterocycles. The van der Waals surface area contributed by atoms with E-state index in [9.17, 15) is 22.0 Å². The number of nitrogens with one attached hydrogen (secondary N) is 1. The van der Waals surface area contributed by atoms with Gasteiger partial charge >= 0.3 is 6.36 Å². The van der Waals surface area contributed by atoms with Crippen molar-refractivity contribution in [2.45, 2.75) is 37.9 Å². The van der Waals surface area contributed by atoms with Crippen LogP contribution >= 0.6 is 12.4 Å². The van der Waals surface area contributed by atoms with Crippen LogP contribution in [-0.4, -0.2) is 23.5 Å². The molecule has 1 aliphatic rings. The number of hydrogen-bond donors (Lipinski definition) is 1. The maximum Gasteiger partial charge on any atom is 0.573 e. The van der Waals surface area contributed by atoms with Gasteiger partial charge in [0.05, 0.1) is 0 Å². The van der Waals surface area contributed by atoms with Crippen LogP contribution in [0.25, 0.3) is 10.8 Å². The van der Waals surface area contributed by atoms with Crippen LogP contribution in [0.4, 0.5) is 22.0 Å². The van der Waals surface area contributed by atoms with Crippen molar-refractivity contribution in [2.24, 2.45) is 0 Å². The Labute approximate surface area is 180 Å². The first kappa shape index (κ1) is 23.0. The molecule has 0 unspecified atom stereocenters. The van der Waals surface area contributed by atoms with Crippen LogP contribution < -0.4 is 14.8 Å². The Morgan fingerprint density at radius 1 is 1.03 bits per heavy atom. The summed E-state index contributed by atoms with van der Waals surface area (Å²) in [6.45, 7) is 0.254. The number of benzene rings is 2. The molecule has 0 amide bonds. The molecule has 1 N–H and O–H groups in total. The van der Waals surface area contributed by atoms with Gasteiger partial charge in [-0.3, -0.25) is 4.98 Å². The first-order valence-electron chi connectivity index (χ1n) is 9.26. The molecule has 1 fully saturated rings. The summed E-state index contributed by atoms with van der Waals surface area (Å²) in [4.78, 5) is 4.03. The molecule has 3 aromatic rings. The van der Waals surface area contributed by atoms with E-state index in [1.54, 1.807) is 24.5 Å². The number of pyridine rings is 1. The van der Waals surface area contributed by atoms with Crippen molar-refractivity contribution in [1.82, 2.24) is 10.3 Å². The van der Waals surface area contributed by atoms with E-state index in [1.807, 2.05) is 0 Å². The highest BCUT2D eigenvalue weighted by Crippen LogP contribution is 2.32. The fourth-order valence-corrected chi connectivity index (χ4v) is 3.40. The number of halogens is 6. The highest BCUT2D eigenvalue weighted by atomic mass is 35.5. The second-order valence-corrected chi connectivity index (χ2v) is 6.98. The van der Waals surface area contributed by atoms with Gasteiger partial charge in [-0.15, -0.1) is 25.6 Å². The summed E-state index contributed by atoms with van der Waals surface area (Å²) in [6, 6.07) is 7.63. The Bertz CT molecular complexity index is 1060. The number of fused-ring (bicyclic) bond motifs is 1. The van der Waals surface area contributed by atoms with Crippen LogP contribution in [0.15, 0.2) is 48.8 Å². The molecular weight excluding hydrogens is 443 g/mol. The van der Waals surface area contributed by atoms with Gasteiger partial charge in [0, 0.05) is 42.0 Å². The van der Waals surface area contributed by atoms with E-state index in [2.05, 4.69) is 15.0 Å². The molecule has 2 atom stereocenters. The molecule has 4 rings (SSSR count). The maximum atomic E-state index is 14.3. The van der Waals surface area contributed by atoms with Crippen molar-refractivity contribution in [1.29, 1.82) is 0 Å². The summed E-state index contributed by atoms with van der Waals surface area (Å²) < 4.78 is 74.4. The predicted octanol–water partition coefficient (Wildman–Crippen LogP) is 5.53. The highest BCUT2D eigenvalue weighted by Gasteiger charge is 2.34. The summed E-state index contributed by atoms with van der Waals surface area (Å²) in [7, 11) is 0. The topological polar surface area (TPSA) is 43.4 Å². The number of aromatic nitrogens is 1. The zero-order valence-corrected chi connectivity index (χ0v) is 16.8. The van der Waals surface area contributed by atoms with Gasteiger partial charge in [-0.05, 0) is 48.6 Å². The molecule has 166 valence electrons. The normalized spacial score (nSPS) is 18.2. The van der Waals surface area contributed by atoms with Gasteiger partial charge in [0.25, 0.3) is 0 Å². The van der Waals surface area contributed by atoms with Crippen molar-refractivity contribution >= 4 is 23.2 Å². The summed E-state index contributed by atoms with van der Waals surface area (Å²) in [5.41, 5.74) is 0.503. The minimum atomic E-state index is -5.00. The van der Waals surface area contributed by atoms with Gasteiger partial charge in [0.1, 0.15) is 17.7 Å². The molecule has 1 saturated carbocycles. The molecule has 2 aromatic carbocycles. The molecule has 4 nitrogen and oxygen atoms in total. The van der Waals surface area contributed by atoms with E-state index < -0.39 is 17.9 Å². The lowest BCUT2D eigenvalue weighted by Crippen LogP contribution is -2.50. The second-order valence-electron chi connectivity index (χ2n) is 6.98. The standard InChI is InChI=1S/C21H17F5N2O2.ClH/c22-16-3-1-12-10-27-8-7-14(12)15(16)11-28-18-5-6-19(18)29-13-2-4-17(23)20(9-13)30-21(24,25)26;/h1-4,7-10,18-19,28H,5-6,11H2;1H/t18-,19-;/m1./s1. The van der Waals surface area contributed by atoms with Gasteiger partial charge in [0.15, 0.2) is 11.6 Å². The lowest BCUT2D eigenvalue weighted by atomic mass is 9.88. The van der Waals surface area contributed by atoms with E-state index in [0.717, 1.165) is 29.3 Å². The molecule has 0 radical (unpaired) electrons. The van der Waals surface area contributed by atoms with E-state index in [0.29, 0.717) is 12.0 Å². The zero-order valence-electron chi connectivity index (χ0n) is 16.0. The third kappa shape index (κ3) is 5.34. The lowest BCUT2D eigenvalue weighted by molar-refractivity contribution is -0.275. The Kier molecular flexibility index (Phi) is 6.86. The van der Waals surface area contributed by atoms with Crippen molar-refractivity contribution in [3.63, 3.8) is 0 Å². The maximum absolute atomic E-state index is 14.3. The van der Waals surface area contributed by atoms with Crippen LogP contribution in [0.5, 0.6) is 11.5 Å². The molecule has 1 aromatic heterocycles. The SMILES string of the molecule is Cl.Fc1ccc(O[C@@H]2CC[C@H]2NCc2c(F)ccc3cnccc23)cc1OC(F)(F)F. The fraction of sp³-hybridized carbons (Fsp3) is 0.286. The third-order valence-corrected chi connectivity index (χ3v) is 5.04. The molecule has 0 aliphatic heterocycles. The number of rotatable bonds is 6. The molecule has 1 heterocycles. The van der Waals surface area contributed by atoms with Gasteiger partial charge in [0.2, 0.25) is 0 Å². The Morgan fingerprint density at radius 2 is 1.81 bits per heavy atom. The Morgan fingerprint density at radius 3 is 2.52 bits per heavy atom. The second kappa shape index (κ2) is 9.23. The van der Waals surface area contributed by atoms with Crippen molar-refractivity contribution in [3.8, 4) is 11.5 Å². The minimum absolute atomic E-state index is 0.